The molecule has 0 atom stereocenters. The molecular weight excluding hydrogens is 210 g/mol. The van der Waals surface area contributed by atoms with Gasteiger partial charge in [0.25, 0.3) is 0 Å². The Morgan fingerprint density at radius 3 is 1.94 bits per heavy atom. The molecule has 0 spiro atoms. The minimum atomic E-state index is -0.935. The molecule has 1 aliphatic rings. The zero-order valence-corrected chi connectivity index (χ0v) is 9.61. The zero-order valence-electron chi connectivity index (χ0n) is 9.61. The van der Waals surface area contributed by atoms with E-state index in [4.69, 9.17) is 10.2 Å². The van der Waals surface area contributed by atoms with Gasteiger partial charge in [0.2, 0.25) is 0 Å². The van der Waals surface area contributed by atoms with Crippen molar-refractivity contribution >= 4 is 11.9 Å². The first kappa shape index (κ1) is 14.6. The Morgan fingerprint density at radius 2 is 1.62 bits per heavy atom. The maximum Gasteiger partial charge on any atom is 0.330 e. The molecule has 2 N–H and O–H groups in total. The summed E-state index contributed by atoms with van der Waals surface area (Å²) in [5.41, 5.74) is 0.176. The van der Waals surface area contributed by atoms with Crippen molar-refractivity contribution in [3.8, 4) is 0 Å². The van der Waals surface area contributed by atoms with Gasteiger partial charge in [-0.1, -0.05) is 13.0 Å². The van der Waals surface area contributed by atoms with Gasteiger partial charge in [-0.25, -0.2) is 4.79 Å². The number of likely N-dealkylation sites (tertiary alicyclic amines) is 1. The number of nitrogens with zero attached hydrogens (tertiary/aromatic N) is 1. The molecule has 1 rings (SSSR count). The van der Waals surface area contributed by atoms with Crippen molar-refractivity contribution in [3.63, 3.8) is 0 Å². The van der Waals surface area contributed by atoms with Gasteiger partial charge in [-0.2, -0.15) is 0 Å². The Morgan fingerprint density at radius 1 is 1.19 bits per heavy atom. The molecule has 0 saturated carbocycles. The molecule has 16 heavy (non-hydrogen) atoms. The van der Waals surface area contributed by atoms with E-state index in [0.717, 1.165) is 25.9 Å². The standard InChI is InChI=1S/C7H13NO2.C4H6O2/c9-7(10)6-8-4-2-1-3-5-8;1-3(2)4(5)6/h1-6H2,(H,9,10);1H2,2H3,(H,5,6). The fourth-order valence-corrected chi connectivity index (χ4v) is 1.31. The second kappa shape index (κ2) is 7.87. The van der Waals surface area contributed by atoms with Gasteiger partial charge >= 0.3 is 11.9 Å². The summed E-state index contributed by atoms with van der Waals surface area (Å²) in [6.45, 7) is 6.75. The number of carboxylic acids is 2. The summed E-state index contributed by atoms with van der Waals surface area (Å²) < 4.78 is 0. The normalized spacial score (nSPS) is 15.8. The minimum Gasteiger partial charge on any atom is -0.480 e. The summed E-state index contributed by atoms with van der Waals surface area (Å²) >= 11 is 0. The molecule has 5 nitrogen and oxygen atoms in total. The molecule has 0 unspecified atom stereocenters. The van der Waals surface area contributed by atoms with Crippen LogP contribution in [0.2, 0.25) is 0 Å². The molecule has 0 amide bonds. The Bertz CT molecular complexity index is 245. The lowest BCUT2D eigenvalue weighted by Crippen LogP contribution is -2.34. The summed E-state index contributed by atoms with van der Waals surface area (Å²) in [5, 5.41) is 16.3. The average molecular weight is 229 g/mol. The van der Waals surface area contributed by atoms with Crippen LogP contribution in [0, 0.1) is 0 Å². The zero-order chi connectivity index (χ0) is 12.6. The first-order valence-electron chi connectivity index (χ1n) is 5.26. The van der Waals surface area contributed by atoms with E-state index in [1.807, 2.05) is 4.90 Å². The summed E-state index contributed by atoms with van der Waals surface area (Å²) in [6.07, 6.45) is 3.58. The van der Waals surface area contributed by atoms with Crippen molar-refractivity contribution in [3.05, 3.63) is 12.2 Å². The maximum absolute atomic E-state index is 10.2. The minimum absolute atomic E-state index is 0.176. The molecule has 0 aromatic heterocycles. The average Bonchev–Trinajstić information content (AvgIpc) is 2.19. The molecule has 0 bridgehead atoms. The van der Waals surface area contributed by atoms with Gasteiger partial charge in [0.15, 0.2) is 0 Å². The van der Waals surface area contributed by atoms with Gasteiger partial charge in [0.1, 0.15) is 0 Å². The SMILES string of the molecule is C=C(C)C(=O)O.O=C(O)CN1CCCCC1. The lowest BCUT2D eigenvalue weighted by Gasteiger charge is -2.24. The molecule has 0 aromatic rings. The van der Waals surface area contributed by atoms with Crippen LogP contribution < -0.4 is 0 Å². The van der Waals surface area contributed by atoms with Crippen LogP contribution >= 0.6 is 0 Å². The van der Waals surface area contributed by atoms with Crippen molar-refractivity contribution in [2.24, 2.45) is 0 Å². The van der Waals surface area contributed by atoms with Crippen LogP contribution in [0.15, 0.2) is 12.2 Å². The van der Waals surface area contributed by atoms with Crippen LogP contribution in [-0.4, -0.2) is 46.7 Å². The highest BCUT2D eigenvalue weighted by atomic mass is 16.4. The van der Waals surface area contributed by atoms with Crippen molar-refractivity contribution < 1.29 is 19.8 Å². The number of carboxylic acid groups (broad SMARTS) is 2. The number of rotatable bonds is 3. The van der Waals surface area contributed by atoms with Gasteiger partial charge in [0.05, 0.1) is 6.54 Å². The second-order valence-electron chi connectivity index (χ2n) is 3.82. The lowest BCUT2D eigenvalue weighted by molar-refractivity contribution is -0.138. The van der Waals surface area contributed by atoms with Crippen molar-refractivity contribution in [2.75, 3.05) is 19.6 Å². The second-order valence-corrected chi connectivity index (χ2v) is 3.82. The molecule has 92 valence electrons. The largest absolute Gasteiger partial charge is 0.480 e. The highest BCUT2D eigenvalue weighted by molar-refractivity contribution is 5.84. The molecule has 5 heteroatoms. The predicted octanol–water partition coefficient (Wildman–Crippen LogP) is 1.20. The summed E-state index contributed by atoms with van der Waals surface area (Å²) in [6, 6.07) is 0. The molecule has 1 heterocycles. The van der Waals surface area contributed by atoms with E-state index in [0.29, 0.717) is 0 Å². The Kier molecular flexibility index (Phi) is 7.20. The number of hydrogen-bond acceptors (Lipinski definition) is 3. The van der Waals surface area contributed by atoms with E-state index >= 15 is 0 Å². The molecule has 1 aliphatic heterocycles. The van der Waals surface area contributed by atoms with Crippen LogP contribution in [0.4, 0.5) is 0 Å². The third-order valence-electron chi connectivity index (χ3n) is 2.17. The third-order valence-corrected chi connectivity index (χ3v) is 2.17. The van der Waals surface area contributed by atoms with Gasteiger partial charge in [-0.05, 0) is 32.9 Å². The quantitative estimate of drug-likeness (QED) is 0.711. The Hall–Kier alpha value is -1.36. The van der Waals surface area contributed by atoms with E-state index in [1.165, 1.54) is 13.3 Å². The number of carbonyl (C=O) groups is 2. The number of aliphatic carboxylic acids is 2. The van der Waals surface area contributed by atoms with E-state index in [2.05, 4.69) is 6.58 Å². The van der Waals surface area contributed by atoms with Crippen LogP contribution in [0.1, 0.15) is 26.2 Å². The van der Waals surface area contributed by atoms with Crippen LogP contribution in [0.25, 0.3) is 0 Å². The smallest absolute Gasteiger partial charge is 0.330 e. The van der Waals surface area contributed by atoms with Crippen molar-refractivity contribution in [1.29, 1.82) is 0 Å². The van der Waals surface area contributed by atoms with E-state index in [9.17, 15) is 9.59 Å². The topological polar surface area (TPSA) is 77.8 Å². The molecule has 1 fully saturated rings. The van der Waals surface area contributed by atoms with Crippen molar-refractivity contribution in [1.82, 2.24) is 4.90 Å². The van der Waals surface area contributed by atoms with Gasteiger partial charge in [-0.3, -0.25) is 9.69 Å². The summed E-state index contributed by atoms with van der Waals surface area (Å²) in [4.78, 5) is 21.8. The first-order valence-corrected chi connectivity index (χ1v) is 5.26. The van der Waals surface area contributed by atoms with E-state index < -0.39 is 11.9 Å². The molecule has 1 saturated heterocycles. The molecule has 0 aliphatic carbocycles. The fraction of sp³-hybridized carbons (Fsp3) is 0.636. The van der Waals surface area contributed by atoms with Crippen LogP contribution in [0.3, 0.4) is 0 Å². The molecular formula is C11H19NO4. The van der Waals surface area contributed by atoms with Gasteiger partial charge in [-0.15, -0.1) is 0 Å². The summed E-state index contributed by atoms with van der Waals surface area (Å²) in [5.74, 6) is -1.64. The Labute approximate surface area is 95.4 Å². The Balaban J connectivity index is 0.000000325. The lowest BCUT2D eigenvalue weighted by atomic mass is 10.1. The fourth-order valence-electron chi connectivity index (χ4n) is 1.31. The third kappa shape index (κ3) is 7.99. The maximum atomic E-state index is 10.2. The van der Waals surface area contributed by atoms with Crippen LogP contribution in [-0.2, 0) is 9.59 Å². The number of hydrogen-bond donors (Lipinski definition) is 2. The summed E-state index contributed by atoms with van der Waals surface area (Å²) in [7, 11) is 0. The first-order chi connectivity index (χ1) is 7.43. The number of piperidine rings is 1. The van der Waals surface area contributed by atoms with Crippen molar-refractivity contribution in [2.45, 2.75) is 26.2 Å². The molecule has 0 aromatic carbocycles. The van der Waals surface area contributed by atoms with E-state index in [-0.39, 0.29) is 12.1 Å². The highest BCUT2D eigenvalue weighted by Gasteiger charge is 2.11. The van der Waals surface area contributed by atoms with Gasteiger partial charge in [0, 0.05) is 5.57 Å². The predicted molar refractivity (Wildman–Crippen MR) is 60.4 cm³/mol. The highest BCUT2D eigenvalue weighted by Crippen LogP contribution is 2.07. The molecule has 0 radical (unpaired) electrons. The van der Waals surface area contributed by atoms with Crippen LogP contribution in [0.5, 0.6) is 0 Å². The van der Waals surface area contributed by atoms with Gasteiger partial charge < -0.3 is 10.2 Å². The van der Waals surface area contributed by atoms with E-state index in [1.54, 1.807) is 0 Å². The monoisotopic (exact) mass is 229 g/mol.